The van der Waals surface area contributed by atoms with Gasteiger partial charge in [0.2, 0.25) is 0 Å². The van der Waals surface area contributed by atoms with Gasteiger partial charge in [-0.25, -0.2) is 15.8 Å². The van der Waals surface area contributed by atoms with Crippen LogP contribution < -0.4 is 21.3 Å². The molecule has 0 aliphatic carbocycles. The van der Waals surface area contributed by atoms with Gasteiger partial charge in [0.05, 0.1) is 6.61 Å². The van der Waals surface area contributed by atoms with E-state index in [-0.39, 0.29) is 0 Å². The Kier molecular flexibility index (Phi) is 4.52. The summed E-state index contributed by atoms with van der Waals surface area (Å²) in [6.45, 7) is 2.80. The first-order valence-electron chi connectivity index (χ1n) is 6.10. The molecule has 100 valence electrons. The van der Waals surface area contributed by atoms with E-state index in [2.05, 4.69) is 27.6 Å². The third-order valence-corrected chi connectivity index (χ3v) is 2.41. The lowest BCUT2D eigenvalue weighted by atomic mass is 10.3. The molecule has 0 aliphatic rings. The highest BCUT2D eigenvalue weighted by Gasteiger charge is 1.99. The molecule has 0 saturated carbocycles. The van der Waals surface area contributed by atoms with Crippen LogP contribution in [0.4, 0.5) is 17.3 Å². The number of hydrogen-bond acceptors (Lipinski definition) is 6. The summed E-state index contributed by atoms with van der Waals surface area (Å²) in [5.74, 6) is 7.38. The Bertz CT molecular complexity index is 515. The molecular formula is C13H17N5O. The Morgan fingerprint density at radius 1 is 1.16 bits per heavy atom. The number of rotatable bonds is 6. The largest absolute Gasteiger partial charge is 0.494 e. The highest BCUT2D eigenvalue weighted by Crippen LogP contribution is 2.19. The summed E-state index contributed by atoms with van der Waals surface area (Å²) in [4.78, 5) is 8.05. The van der Waals surface area contributed by atoms with Gasteiger partial charge in [-0.1, -0.05) is 6.92 Å². The Morgan fingerprint density at radius 2 is 1.89 bits per heavy atom. The van der Waals surface area contributed by atoms with Crippen molar-refractivity contribution in [2.75, 3.05) is 17.3 Å². The van der Waals surface area contributed by atoms with Crippen LogP contribution in [0.5, 0.6) is 5.75 Å². The maximum absolute atomic E-state index is 5.52. The number of hydrogen-bond donors (Lipinski definition) is 3. The number of ether oxygens (including phenoxy) is 1. The Balaban J connectivity index is 2.02. The first kappa shape index (κ1) is 13.1. The summed E-state index contributed by atoms with van der Waals surface area (Å²) in [5.41, 5.74) is 3.40. The molecule has 0 atom stereocenters. The molecule has 2 rings (SSSR count). The first-order chi connectivity index (χ1) is 9.31. The molecule has 0 amide bonds. The summed E-state index contributed by atoms with van der Waals surface area (Å²) in [6, 6.07) is 9.43. The van der Waals surface area contributed by atoms with Gasteiger partial charge >= 0.3 is 0 Å². The molecule has 0 radical (unpaired) electrons. The standard InChI is InChI=1S/C13H17N5O/c1-2-7-19-11-5-3-10(4-6-11)17-12-8-13(18-14)16-9-15-12/h3-6,8-9H,2,7,14H2,1H3,(H2,15,16,17,18). The normalized spacial score (nSPS) is 10.0. The molecule has 0 unspecified atom stereocenters. The van der Waals surface area contributed by atoms with Crippen LogP contribution in [0.15, 0.2) is 36.7 Å². The van der Waals surface area contributed by atoms with Crippen molar-refractivity contribution < 1.29 is 4.74 Å². The minimum absolute atomic E-state index is 0.556. The number of nitrogen functional groups attached to an aromatic ring is 1. The molecule has 0 aliphatic heterocycles. The van der Waals surface area contributed by atoms with Gasteiger partial charge in [-0.05, 0) is 30.7 Å². The topological polar surface area (TPSA) is 85.1 Å². The second-order valence-electron chi connectivity index (χ2n) is 3.93. The van der Waals surface area contributed by atoms with Crippen molar-refractivity contribution in [3.8, 4) is 5.75 Å². The molecule has 0 spiro atoms. The van der Waals surface area contributed by atoms with Gasteiger partial charge in [0.15, 0.2) is 0 Å². The molecule has 6 heteroatoms. The fourth-order valence-corrected chi connectivity index (χ4v) is 1.51. The molecule has 2 aromatic rings. The molecule has 1 aromatic heterocycles. The predicted octanol–water partition coefficient (Wildman–Crippen LogP) is 2.29. The maximum atomic E-state index is 5.52. The summed E-state index contributed by atoms with van der Waals surface area (Å²) in [7, 11) is 0. The molecule has 1 aromatic carbocycles. The smallest absolute Gasteiger partial charge is 0.145 e. The quantitative estimate of drug-likeness (QED) is 0.545. The van der Waals surface area contributed by atoms with Gasteiger partial charge in [0, 0.05) is 11.8 Å². The van der Waals surface area contributed by atoms with Crippen LogP contribution in [0.3, 0.4) is 0 Å². The molecule has 0 saturated heterocycles. The number of hydrazine groups is 1. The number of benzene rings is 1. The molecule has 4 N–H and O–H groups in total. The lowest BCUT2D eigenvalue weighted by Crippen LogP contribution is -2.09. The third-order valence-electron chi connectivity index (χ3n) is 2.41. The van der Waals surface area contributed by atoms with Crippen molar-refractivity contribution in [3.63, 3.8) is 0 Å². The fourth-order valence-electron chi connectivity index (χ4n) is 1.51. The first-order valence-corrected chi connectivity index (χ1v) is 6.10. The maximum Gasteiger partial charge on any atom is 0.145 e. The van der Waals surface area contributed by atoms with Crippen LogP contribution in [0.1, 0.15) is 13.3 Å². The van der Waals surface area contributed by atoms with Crippen molar-refractivity contribution in [2.45, 2.75) is 13.3 Å². The monoisotopic (exact) mass is 259 g/mol. The van der Waals surface area contributed by atoms with Gasteiger partial charge in [0.25, 0.3) is 0 Å². The van der Waals surface area contributed by atoms with E-state index in [0.717, 1.165) is 24.5 Å². The van der Waals surface area contributed by atoms with E-state index in [1.807, 2.05) is 24.3 Å². The molecule has 0 bridgehead atoms. The van der Waals surface area contributed by atoms with E-state index in [4.69, 9.17) is 10.6 Å². The van der Waals surface area contributed by atoms with Gasteiger partial charge in [-0.3, -0.25) is 0 Å². The van der Waals surface area contributed by atoms with E-state index in [9.17, 15) is 0 Å². The van der Waals surface area contributed by atoms with Gasteiger partial charge in [-0.15, -0.1) is 0 Å². The number of nitrogens with two attached hydrogens (primary N) is 1. The van der Waals surface area contributed by atoms with Crippen LogP contribution in [-0.4, -0.2) is 16.6 Å². The molecule has 0 fully saturated rings. The zero-order chi connectivity index (χ0) is 13.5. The summed E-state index contributed by atoms with van der Waals surface area (Å²) >= 11 is 0. The Morgan fingerprint density at radius 3 is 2.58 bits per heavy atom. The average Bonchev–Trinajstić information content (AvgIpc) is 2.47. The zero-order valence-electron chi connectivity index (χ0n) is 10.8. The lowest BCUT2D eigenvalue weighted by molar-refractivity contribution is 0.317. The summed E-state index contributed by atoms with van der Waals surface area (Å²) in [6.07, 6.45) is 2.44. The average molecular weight is 259 g/mol. The van der Waals surface area contributed by atoms with E-state index >= 15 is 0 Å². The fraction of sp³-hybridized carbons (Fsp3) is 0.231. The van der Waals surface area contributed by atoms with Crippen LogP contribution >= 0.6 is 0 Å². The highest BCUT2D eigenvalue weighted by molar-refractivity contribution is 5.59. The number of nitrogens with one attached hydrogen (secondary N) is 2. The third kappa shape index (κ3) is 3.82. The van der Waals surface area contributed by atoms with Crippen LogP contribution in [0.2, 0.25) is 0 Å². The molecule has 1 heterocycles. The van der Waals surface area contributed by atoms with Crippen molar-refractivity contribution in [1.82, 2.24) is 9.97 Å². The summed E-state index contributed by atoms with van der Waals surface area (Å²) < 4.78 is 5.52. The highest BCUT2D eigenvalue weighted by atomic mass is 16.5. The predicted molar refractivity (Wildman–Crippen MR) is 75.4 cm³/mol. The van der Waals surface area contributed by atoms with Gasteiger partial charge in [0.1, 0.15) is 23.7 Å². The van der Waals surface area contributed by atoms with E-state index < -0.39 is 0 Å². The SMILES string of the molecule is CCCOc1ccc(Nc2cc(NN)ncn2)cc1. The van der Waals surface area contributed by atoms with Crippen molar-refractivity contribution in [1.29, 1.82) is 0 Å². The number of nitrogens with zero attached hydrogens (tertiary/aromatic N) is 2. The molecular weight excluding hydrogens is 242 g/mol. The van der Waals surface area contributed by atoms with Crippen molar-refractivity contribution >= 4 is 17.3 Å². The zero-order valence-corrected chi connectivity index (χ0v) is 10.8. The molecule has 19 heavy (non-hydrogen) atoms. The van der Waals surface area contributed by atoms with E-state index in [1.54, 1.807) is 6.07 Å². The number of anilines is 3. The van der Waals surface area contributed by atoms with Crippen molar-refractivity contribution in [3.05, 3.63) is 36.7 Å². The van der Waals surface area contributed by atoms with Crippen LogP contribution in [-0.2, 0) is 0 Å². The minimum atomic E-state index is 0.556. The Labute approximate surface area is 112 Å². The van der Waals surface area contributed by atoms with Gasteiger partial charge in [-0.2, -0.15) is 0 Å². The second-order valence-corrected chi connectivity index (χ2v) is 3.93. The minimum Gasteiger partial charge on any atom is -0.494 e. The molecule has 6 nitrogen and oxygen atoms in total. The number of aromatic nitrogens is 2. The lowest BCUT2D eigenvalue weighted by Gasteiger charge is -2.08. The van der Waals surface area contributed by atoms with E-state index in [1.165, 1.54) is 6.33 Å². The van der Waals surface area contributed by atoms with Crippen LogP contribution in [0, 0.1) is 0 Å². The van der Waals surface area contributed by atoms with Gasteiger partial charge < -0.3 is 15.5 Å². The van der Waals surface area contributed by atoms with Crippen molar-refractivity contribution in [2.24, 2.45) is 5.84 Å². The summed E-state index contributed by atoms with van der Waals surface area (Å²) in [5, 5.41) is 3.16. The van der Waals surface area contributed by atoms with E-state index in [0.29, 0.717) is 11.6 Å². The van der Waals surface area contributed by atoms with Crippen LogP contribution in [0.25, 0.3) is 0 Å². The Hall–Kier alpha value is -2.34. The second kappa shape index (κ2) is 6.55.